The van der Waals surface area contributed by atoms with Crippen LogP contribution >= 0.6 is 24.0 Å². The second kappa shape index (κ2) is 11.6. The number of guanidine groups is 1. The predicted molar refractivity (Wildman–Crippen MR) is 110 cm³/mol. The van der Waals surface area contributed by atoms with Crippen LogP contribution in [0.15, 0.2) is 53.7 Å². The summed E-state index contributed by atoms with van der Waals surface area (Å²) >= 11 is 0. The molecule has 0 aliphatic carbocycles. The van der Waals surface area contributed by atoms with E-state index in [1.54, 1.807) is 31.4 Å². The fourth-order valence-corrected chi connectivity index (χ4v) is 2.20. The number of ether oxygens (including phenoxy) is 1. The Hall–Kier alpha value is -2.04. The third-order valence-corrected chi connectivity index (χ3v) is 3.43. The van der Waals surface area contributed by atoms with Gasteiger partial charge in [-0.1, -0.05) is 24.3 Å². The molecule has 1 aromatic carbocycles. The zero-order chi connectivity index (χ0) is 18.8. The molecule has 0 bridgehead atoms. The van der Waals surface area contributed by atoms with Crippen molar-refractivity contribution in [3.8, 4) is 5.75 Å². The van der Waals surface area contributed by atoms with Crippen LogP contribution in [-0.2, 0) is 13.0 Å². The van der Waals surface area contributed by atoms with E-state index in [-0.39, 0.29) is 36.3 Å². The van der Waals surface area contributed by atoms with Gasteiger partial charge in [-0.15, -0.1) is 24.0 Å². The zero-order valence-electron chi connectivity index (χ0n) is 14.8. The summed E-state index contributed by atoms with van der Waals surface area (Å²) in [6, 6.07) is 12.3. The minimum atomic E-state index is -4.37. The first-order valence-electron chi connectivity index (χ1n) is 8.10. The van der Waals surface area contributed by atoms with Crippen LogP contribution in [-0.4, -0.2) is 37.3 Å². The van der Waals surface area contributed by atoms with Gasteiger partial charge in [-0.25, -0.2) is 0 Å². The maximum atomic E-state index is 12.3. The van der Waals surface area contributed by atoms with Crippen LogP contribution in [0.4, 0.5) is 13.2 Å². The molecule has 2 aromatic rings. The molecular formula is C18H22F3IN4O. The van der Waals surface area contributed by atoms with E-state index >= 15 is 0 Å². The maximum Gasteiger partial charge on any atom is 0.422 e. The molecule has 0 aliphatic heterocycles. The highest BCUT2D eigenvalue weighted by atomic mass is 127. The number of hydrogen-bond donors (Lipinski definition) is 2. The largest absolute Gasteiger partial charge is 0.484 e. The van der Waals surface area contributed by atoms with E-state index in [4.69, 9.17) is 4.74 Å². The van der Waals surface area contributed by atoms with Gasteiger partial charge in [-0.3, -0.25) is 9.98 Å². The molecule has 148 valence electrons. The van der Waals surface area contributed by atoms with E-state index in [0.717, 1.165) is 12.1 Å². The summed E-state index contributed by atoms with van der Waals surface area (Å²) in [5.74, 6) is 0.743. The molecule has 0 aliphatic rings. The third kappa shape index (κ3) is 8.94. The maximum absolute atomic E-state index is 12.3. The van der Waals surface area contributed by atoms with Crippen molar-refractivity contribution in [2.75, 3.05) is 20.2 Å². The van der Waals surface area contributed by atoms with Crippen LogP contribution in [0.1, 0.15) is 11.3 Å². The van der Waals surface area contributed by atoms with Crippen LogP contribution in [0.5, 0.6) is 5.75 Å². The van der Waals surface area contributed by atoms with Gasteiger partial charge < -0.3 is 15.4 Å². The van der Waals surface area contributed by atoms with Gasteiger partial charge >= 0.3 is 6.18 Å². The van der Waals surface area contributed by atoms with Crippen molar-refractivity contribution in [3.05, 3.63) is 59.9 Å². The number of benzene rings is 1. The summed E-state index contributed by atoms with van der Waals surface area (Å²) in [5, 5.41) is 6.21. The number of halogens is 4. The summed E-state index contributed by atoms with van der Waals surface area (Å²) in [6.45, 7) is -0.402. The molecule has 0 fully saturated rings. The molecule has 2 rings (SSSR count). The monoisotopic (exact) mass is 494 g/mol. The van der Waals surface area contributed by atoms with Crippen molar-refractivity contribution in [2.24, 2.45) is 4.99 Å². The van der Waals surface area contributed by atoms with Crippen molar-refractivity contribution >= 4 is 29.9 Å². The van der Waals surface area contributed by atoms with Crippen LogP contribution < -0.4 is 15.4 Å². The highest BCUT2D eigenvalue weighted by molar-refractivity contribution is 14.0. The molecule has 27 heavy (non-hydrogen) atoms. The molecule has 0 saturated heterocycles. The number of rotatable bonds is 7. The molecular weight excluding hydrogens is 472 g/mol. The molecule has 5 nitrogen and oxygen atoms in total. The highest BCUT2D eigenvalue weighted by Gasteiger charge is 2.28. The van der Waals surface area contributed by atoms with E-state index in [2.05, 4.69) is 20.6 Å². The summed E-state index contributed by atoms with van der Waals surface area (Å²) in [7, 11) is 1.63. The highest BCUT2D eigenvalue weighted by Crippen LogP contribution is 2.22. The zero-order valence-corrected chi connectivity index (χ0v) is 17.1. The second-order valence-electron chi connectivity index (χ2n) is 5.44. The molecule has 0 saturated carbocycles. The van der Waals surface area contributed by atoms with Crippen molar-refractivity contribution in [1.29, 1.82) is 0 Å². The molecule has 0 amide bonds. The standard InChI is InChI=1S/C18H21F3N4O.HI/c1-22-17(24-11-9-15-7-4-5-10-23-15)25-12-14-6-2-3-8-16(14)26-13-18(19,20)21;/h2-8,10H,9,11-13H2,1H3,(H2,22,24,25);1H. The molecule has 9 heteroatoms. The lowest BCUT2D eigenvalue weighted by molar-refractivity contribution is -0.153. The number of hydrogen-bond acceptors (Lipinski definition) is 3. The Morgan fingerprint density at radius 2 is 1.85 bits per heavy atom. The fourth-order valence-electron chi connectivity index (χ4n) is 2.20. The fraction of sp³-hybridized carbons (Fsp3) is 0.333. The van der Waals surface area contributed by atoms with Crippen molar-refractivity contribution in [1.82, 2.24) is 15.6 Å². The molecule has 1 heterocycles. The van der Waals surface area contributed by atoms with Crippen molar-refractivity contribution in [3.63, 3.8) is 0 Å². The van der Waals surface area contributed by atoms with Crippen LogP contribution in [0.25, 0.3) is 0 Å². The van der Waals surface area contributed by atoms with Gasteiger partial charge in [0.1, 0.15) is 5.75 Å². The predicted octanol–water partition coefficient (Wildman–Crippen LogP) is 3.55. The van der Waals surface area contributed by atoms with E-state index < -0.39 is 12.8 Å². The average Bonchev–Trinajstić information content (AvgIpc) is 2.63. The Bertz CT molecular complexity index is 711. The topological polar surface area (TPSA) is 58.5 Å². The smallest absolute Gasteiger partial charge is 0.422 e. The average molecular weight is 494 g/mol. The summed E-state index contributed by atoms with van der Waals surface area (Å²) < 4.78 is 41.9. The summed E-state index contributed by atoms with van der Waals surface area (Å²) in [5.41, 5.74) is 1.57. The van der Waals surface area contributed by atoms with Crippen LogP contribution in [0, 0.1) is 0 Å². The number of aliphatic imine (C=N–C) groups is 1. The van der Waals surface area contributed by atoms with Gasteiger partial charge in [0.2, 0.25) is 0 Å². The van der Waals surface area contributed by atoms with Gasteiger partial charge in [0.05, 0.1) is 0 Å². The van der Waals surface area contributed by atoms with E-state index in [1.165, 1.54) is 6.07 Å². The Kier molecular flexibility index (Phi) is 9.90. The second-order valence-corrected chi connectivity index (χ2v) is 5.44. The Morgan fingerprint density at radius 1 is 1.11 bits per heavy atom. The first-order chi connectivity index (χ1) is 12.5. The van der Waals surface area contributed by atoms with E-state index in [0.29, 0.717) is 18.1 Å². The summed E-state index contributed by atoms with van der Waals surface area (Å²) in [6.07, 6.45) is -1.91. The molecule has 0 spiro atoms. The van der Waals surface area contributed by atoms with Gasteiger partial charge in [0.15, 0.2) is 12.6 Å². The van der Waals surface area contributed by atoms with E-state index in [9.17, 15) is 13.2 Å². The van der Waals surface area contributed by atoms with Crippen molar-refractivity contribution in [2.45, 2.75) is 19.1 Å². The lowest BCUT2D eigenvalue weighted by Gasteiger charge is -2.15. The SMILES string of the molecule is CN=C(NCCc1ccccn1)NCc1ccccc1OCC(F)(F)F.I. The minimum absolute atomic E-state index is 0. The first kappa shape index (κ1) is 23.0. The summed E-state index contributed by atoms with van der Waals surface area (Å²) in [4.78, 5) is 8.34. The molecule has 0 atom stereocenters. The van der Waals surface area contributed by atoms with Gasteiger partial charge in [0, 0.05) is 44.0 Å². The number of alkyl halides is 3. The quantitative estimate of drug-likeness (QED) is 0.352. The number of aromatic nitrogens is 1. The molecule has 2 N–H and O–H groups in total. The lowest BCUT2D eigenvalue weighted by atomic mass is 10.2. The number of nitrogens with one attached hydrogen (secondary N) is 2. The van der Waals surface area contributed by atoms with Gasteiger partial charge in [-0.05, 0) is 18.2 Å². The number of pyridine rings is 1. The van der Waals surface area contributed by atoms with Crippen molar-refractivity contribution < 1.29 is 17.9 Å². The molecule has 1 aromatic heterocycles. The Labute approximate surface area is 173 Å². The van der Waals surface area contributed by atoms with Crippen LogP contribution in [0.3, 0.4) is 0 Å². The first-order valence-corrected chi connectivity index (χ1v) is 8.10. The van der Waals surface area contributed by atoms with Gasteiger partial charge in [0.25, 0.3) is 0 Å². The van der Waals surface area contributed by atoms with Gasteiger partial charge in [-0.2, -0.15) is 13.2 Å². The van der Waals surface area contributed by atoms with E-state index in [1.807, 2.05) is 18.2 Å². The minimum Gasteiger partial charge on any atom is -0.484 e. The third-order valence-electron chi connectivity index (χ3n) is 3.43. The number of nitrogens with zero attached hydrogens (tertiary/aromatic N) is 2. The molecule has 0 radical (unpaired) electrons. The van der Waals surface area contributed by atoms with Crippen LogP contribution in [0.2, 0.25) is 0 Å². The Morgan fingerprint density at radius 3 is 2.52 bits per heavy atom. The lowest BCUT2D eigenvalue weighted by Crippen LogP contribution is -2.38. The number of para-hydroxylation sites is 1. The Balaban J connectivity index is 0.00000364. The normalized spacial score (nSPS) is 11.5. The molecule has 0 unspecified atom stereocenters.